The number of nitrogens with zero attached hydrogens (tertiary/aromatic N) is 1. The smallest absolute Gasteiger partial charge is 0.315 e. The first kappa shape index (κ1) is 29.6. The van der Waals surface area contributed by atoms with Crippen LogP contribution in [0.1, 0.15) is 81.1 Å². The van der Waals surface area contributed by atoms with E-state index in [1.807, 2.05) is 55.4 Å². The summed E-state index contributed by atoms with van der Waals surface area (Å²) < 4.78 is 0. The number of carbonyl (C=O) groups is 5. The van der Waals surface area contributed by atoms with Gasteiger partial charge in [-0.05, 0) is 56.8 Å². The van der Waals surface area contributed by atoms with Gasteiger partial charge in [0.15, 0.2) is 0 Å². The second-order valence-corrected chi connectivity index (χ2v) is 12.8. The van der Waals surface area contributed by atoms with Crippen LogP contribution in [0.25, 0.3) is 0 Å². The fraction of sp³-hybridized carbons (Fsp3) is 0.808. The first-order valence-corrected chi connectivity index (χ1v) is 13.0. The number of Topliss-reactive ketones (excluding diaryl/α,β-unsaturated/α-hetero) is 1. The Morgan fingerprint density at radius 3 is 1.97 bits per heavy atom. The number of carbonyl (C=O) groups excluding carboxylic acids is 5. The minimum absolute atomic E-state index is 0.0949. The van der Waals surface area contributed by atoms with Crippen molar-refractivity contribution in [2.45, 2.75) is 105 Å². The molecule has 0 radical (unpaired) electrons. The van der Waals surface area contributed by atoms with E-state index in [0.29, 0.717) is 19.4 Å². The average Bonchev–Trinajstić information content (AvgIpc) is 3.41. The van der Waals surface area contributed by atoms with Crippen LogP contribution >= 0.6 is 0 Å². The van der Waals surface area contributed by atoms with Crippen LogP contribution in [0.4, 0.5) is 4.79 Å². The molecule has 1 saturated carbocycles. The summed E-state index contributed by atoms with van der Waals surface area (Å²) >= 11 is 0. The fourth-order valence-corrected chi connectivity index (χ4v) is 4.77. The SMILES string of the molecule is CC(C)C1CCN(C(=O)C(NC(=O)NC(C)(C)C)C(C)(C)C)C1C(=O)NC(CC1CC1)C(=O)C(N)=O. The first-order chi connectivity index (χ1) is 16.4. The maximum Gasteiger partial charge on any atom is 0.315 e. The van der Waals surface area contributed by atoms with E-state index in [0.717, 1.165) is 12.8 Å². The van der Waals surface area contributed by atoms with Crippen molar-refractivity contribution in [3.63, 3.8) is 0 Å². The predicted molar refractivity (Wildman–Crippen MR) is 137 cm³/mol. The Hall–Kier alpha value is -2.65. The lowest BCUT2D eigenvalue weighted by Crippen LogP contribution is -2.61. The van der Waals surface area contributed by atoms with Gasteiger partial charge in [-0.3, -0.25) is 19.2 Å². The summed E-state index contributed by atoms with van der Waals surface area (Å²) in [5, 5.41) is 8.38. The van der Waals surface area contributed by atoms with Gasteiger partial charge in [-0.25, -0.2) is 4.79 Å². The van der Waals surface area contributed by atoms with Crippen molar-refractivity contribution < 1.29 is 24.0 Å². The summed E-state index contributed by atoms with van der Waals surface area (Å²) in [5.41, 5.74) is 4.13. The van der Waals surface area contributed by atoms with Crippen molar-refractivity contribution >= 4 is 29.5 Å². The molecule has 0 aromatic carbocycles. The molecule has 0 aromatic rings. The van der Waals surface area contributed by atoms with Crippen molar-refractivity contribution in [2.24, 2.45) is 28.9 Å². The van der Waals surface area contributed by atoms with E-state index in [4.69, 9.17) is 5.73 Å². The highest BCUT2D eigenvalue weighted by atomic mass is 16.2. The average molecular weight is 508 g/mol. The molecular weight excluding hydrogens is 462 g/mol. The first-order valence-electron chi connectivity index (χ1n) is 13.0. The number of hydrogen-bond acceptors (Lipinski definition) is 5. The van der Waals surface area contributed by atoms with Crippen LogP contribution in [-0.2, 0) is 19.2 Å². The third-order valence-corrected chi connectivity index (χ3v) is 6.87. The highest BCUT2D eigenvalue weighted by Crippen LogP contribution is 2.35. The lowest BCUT2D eigenvalue weighted by atomic mass is 9.84. The van der Waals surface area contributed by atoms with Crippen LogP contribution in [0.5, 0.6) is 0 Å². The molecule has 5 amide bonds. The summed E-state index contributed by atoms with van der Waals surface area (Å²) in [7, 11) is 0. The van der Waals surface area contributed by atoms with Gasteiger partial charge in [0.05, 0.1) is 6.04 Å². The monoisotopic (exact) mass is 507 g/mol. The largest absolute Gasteiger partial charge is 0.363 e. The Morgan fingerprint density at radius 1 is 0.944 bits per heavy atom. The quantitative estimate of drug-likeness (QED) is 0.350. The number of primary amides is 1. The van der Waals surface area contributed by atoms with E-state index in [2.05, 4.69) is 16.0 Å². The molecule has 2 aliphatic rings. The fourth-order valence-electron chi connectivity index (χ4n) is 4.77. The molecule has 0 bridgehead atoms. The highest BCUT2D eigenvalue weighted by molar-refractivity contribution is 6.37. The summed E-state index contributed by atoms with van der Waals surface area (Å²) in [6, 6.07) is -3.16. The Bertz CT molecular complexity index is 869. The topological polar surface area (TPSA) is 151 Å². The number of likely N-dealkylation sites (tertiary alicyclic amines) is 1. The van der Waals surface area contributed by atoms with Crippen molar-refractivity contribution in [3.05, 3.63) is 0 Å². The van der Waals surface area contributed by atoms with Gasteiger partial charge in [0.25, 0.3) is 5.91 Å². The molecule has 0 spiro atoms. The lowest BCUT2D eigenvalue weighted by molar-refractivity contribution is -0.144. The van der Waals surface area contributed by atoms with E-state index in [9.17, 15) is 24.0 Å². The van der Waals surface area contributed by atoms with Gasteiger partial charge in [0.1, 0.15) is 12.1 Å². The second-order valence-electron chi connectivity index (χ2n) is 12.8. The summed E-state index contributed by atoms with van der Waals surface area (Å²) in [5.74, 6) is -2.48. The van der Waals surface area contributed by atoms with Crippen molar-refractivity contribution in [2.75, 3.05) is 6.54 Å². The van der Waals surface area contributed by atoms with E-state index in [-0.39, 0.29) is 23.7 Å². The molecule has 1 aliphatic heterocycles. The minimum Gasteiger partial charge on any atom is -0.363 e. The van der Waals surface area contributed by atoms with Gasteiger partial charge in [0, 0.05) is 12.1 Å². The van der Waals surface area contributed by atoms with Gasteiger partial charge in [-0.15, -0.1) is 0 Å². The van der Waals surface area contributed by atoms with E-state index < -0.39 is 52.7 Å². The van der Waals surface area contributed by atoms with E-state index in [1.54, 1.807) is 0 Å². The maximum absolute atomic E-state index is 13.9. The van der Waals surface area contributed by atoms with Crippen LogP contribution in [-0.4, -0.2) is 64.6 Å². The van der Waals surface area contributed by atoms with Gasteiger partial charge in [0.2, 0.25) is 17.6 Å². The third-order valence-electron chi connectivity index (χ3n) is 6.87. The molecule has 4 atom stereocenters. The normalized spacial score (nSPS) is 22.1. The molecule has 204 valence electrons. The molecule has 2 fully saturated rings. The van der Waals surface area contributed by atoms with Crippen molar-refractivity contribution in [3.8, 4) is 0 Å². The van der Waals surface area contributed by atoms with Crippen LogP contribution in [0.3, 0.4) is 0 Å². The number of hydrogen-bond donors (Lipinski definition) is 4. The Morgan fingerprint density at radius 2 is 1.53 bits per heavy atom. The summed E-state index contributed by atoms with van der Waals surface area (Å²) in [6.45, 7) is 15.4. The number of amides is 5. The Kier molecular flexibility index (Phi) is 9.18. The molecule has 1 heterocycles. The standard InChI is InChI=1S/C26H45N5O5/c1-14(2)16-11-12-31(23(35)20(25(3,4)5)29-24(36)30-26(6,7)8)18(16)22(34)28-17(13-15-9-10-15)19(32)21(27)33/h14-18,20H,9-13H2,1-8H3,(H2,27,33)(H,28,34)(H2,29,30,36). The molecule has 10 nitrogen and oxygen atoms in total. The van der Waals surface area contributed by atoms with E-state index in [1.165, 1.54) is 4.90 Å². The van der Waals surface area contributed by atoms with E-state index >= 15 is 0 Å². The van der Waals surface area contributed by atoms with Crippen LogP contribution in [0.15, 0.2) is 0 Å². The van der Waals surface area contributed by atoms with Crippen LogP contribution in [0.2, 0.25) is 0 Å². The molecule has 36 heavy (non-hydrogen) atoms. The lowest BCUT2D eigenvalue weighted by Gasteiger charge is -2.37. The van der Waals surface area contributed by atoms with Crippen molar-refractivity contribution in [1.82, 2.24) is 20.9 Å². The molecule has 1 saturated heterocycles. The Labute approximate surface area is 214 Å². The number of ketones is 1. The number of urea groups is 1. The Balaban J connectivity index is 2.31. The predicted octanol–water partition coefficient (Wildman–Crippen LogP) is 1.71. The highest BCUT2D eigenvalue weighted by Gasteiger charge is 2.48. The second kappa shape index (κ2) is 11.2. The van der Waals surface area contributed by atoms with Gasteiger partial charge in [-0.2, -0.15) is 0 Å². The van der Waals surface area contributed by atoms with Gasteiger partial charge >= 0.3 is 6.03 Å². The molecule has 5 N–H and O–H groups in total. The maximum atomic E-state index is 13.9. The molecular formula is C26H45N5O5. The molecule has 4 unspecified atom stereocenters. The van der Waals surface area contributed by atoms with Crippen LogP contribution in [0, 0.1) is 23.2 Å². The number of nitrogens with one attached hydrogen (secondary N) is 3. The van der Waals surface area contributed by atoms with Gasteiger partial charge < -0.3 is 26.6 Å². The van der Waals surface area contributed by atoms with Gasteiger partial charge in [-0.1, -0.05) is 47.5 Å². The zero-order chi connectivity index (χ0) is 27.6. The van der Waals surface area contributed by atoms with Crippen LogP contribution < -0.4 is 21.7 Å². The van der Waals surface area contributed by atoms with Crippen molar-refractivity contribution in [1.29, 1.82) is 0 Å². The third kappa shape index (κ3) is 7.93. The minimum atomic E-state index is -1.08. The molecule has 1 aliphatic carbocycles. The summed E-state index contributed by atoms with van der Waals surface area (Å²) in [6.07, 6.45) is 2.86. The molecule has 10 heteroatoms. The number of nitrogens with two attached hydrogens (primary N) is 1. The summed E-state index contributed by atoms with van der Waals surface area (Å²) in [4.78, 5) is 65.7. The zero-order valence-electron chi connectivity index (χ0n) is 23.1. The zero-order valence-corrected chi connectivity index (χ0v) is 23.1. The number of rotatable bonds is 9. The molecule has 0 aromatic heterocycles. The molecule has 2 rings (SSSR count).